The number of fused-ring (bicyclic) bond motifs is 1. The lowest BCUT2D eigenvalue weighted by molar-refractivity contribution is -0.132. The number of aliphatic hydroxyl groups is 1. The van der Waals surface area contributed by atoms with Gasteiger partial charge in [-0.25, -0.2) is 8.78 Å². The van der Waals surface area contributed by atoms with Crippen LogP contribution in [0.25, 0.3) is 10.9 Å². The smallest absolute Gasteiger partial charge is 0.260 e. The Hall–Kier alpha value is -3.06. The number of rotatable bonds is 5. The first-order valence-corrected chi connectivity index (χ1v) is 9.38. The van der Waals surface area contributed by atoms with E-state index in [1.807, 2.05) is 36.4 Å². The van der Waals surface area contributed by atoms with Gasteiger partial charge in [-0.05, 0) is 30.7 Å². The van der Waals surface area contributed by atoms with Gasteiger partial charge in [0.25, 0.3) is 5.91 Å². The Morgan fingerprint density at radius 2 is 1.97 bits per heavy atom. The number of hydrogen-bond donors (Lipinski definition) is 1. The fourth-order valence-electron chi connectivity index (χ4n) is 3.57. The molecular formula is C22H20F2N2O3. The third-order valence-electron chi connectivity index (χ3n) is 5.13. The quantitative estimate of drug-likeness (QED) is 0.718. The van der Waals surface area contributed by atoms with Crippen molar-refractivity contribution in [2.24, 2.45) is 5.92 Å². The summed E-state index contributed by atoms with van der Waals surface area (Å²) in [4.78, 5) is 18.5. The highest BCUT2D eigenvalue weighted by Gasteiger charge is 2.34. The molecule has 5 nitrogen and oxygen atoms in total. The molecule has 0 spiro atoms. The lowest BCUT2D eigenvalue weighted by Crippen LogP contribution is -2.33. The van der Waals surface area contributed by atoms with E-state index in [9.17, 15) is 18.7 Å². The average molecular weight is 398 g/mol. The number of halogens is 2. The van der Waals surface area contributed by atoms with Crippen molar-refractivity contribution in [2.45, 2.75) is 12.5 Å². The first-order valence-electron chi connectivity index (χ1n) is 9.38. The molecule has 150 valence electrons. The molecule has 1 fully saturated rings. The molecule has 2 atom stereocenters. The number of β-amino-alcohol motifs (C(OH)–C–C–N with tert-alkyl or cyclic N) is 1. The van der Waals surface area contributed by atoms with Crippen LogP contribution < -0.4 is 4.74 Å². The van der Waals surface area contributed by atoms with Crippen LogP contribution in [0.1, 0.15) is 5.69 Å². The number of amides is 1. The van der Waals surface area contributed by atoms with E-state index in [1.54, 1.807) is 0 Å². The molecule has 0 radical (unpaired) electrons. The molecule has 2 aromatic carbocycles. The van der Waals surface area contributed by atoms with E-state index in [1.165, 1.54) is 4.90 Å². The molecule has 0 unspecified atom stereocenters. The van der Waals surface area contributed by atoms with E-state index in [4.69, 9.17) is 4.74 Å². The fourth-order valence-corrected chi connectivity index (χ4v) is 3.57. The monoisotopic (exact) mass is 398 g/mol. The summed E-state index contributed by atoms with van der Waals surface area (Å²) in [7, 11) is 0. The first-order chi connectivity index (χ1) is 14.0. The number of carbonyl (C=O) groups is 1. The maximum atomic E-state index is 13.6. The maximum absolute atomic E-state index is 13.6. The van der Waals surface area contributed by atoms with Gasteiger partial charge in [0.1, 0.15) is 5.82 Å². The van der Waals surface area contributed by atoms with Gasteiger partial charge in [0.05, 0.1) is 11.6 Å². The molecule has 0 bridgehead atoms. The number of benzene rings is 2. The van der Waals surface area contributed by atoms with Gasteiger partial charge in [0, 0.05) is 36.2 Å². The normalized spacial score (nSPS) is 18.9. The Bertz CT molecular complexity index is 1040. The van der Waals surface area contributed by atoms with Crippen LogP contribution in [-0.4, -0.2) is 46.7 Å². The van der Waals surface area contributed by atoms with Crippen molar-refractivity contribution in [3.63, 3.8) is 0 Å². The molecule has 29 heavy (non-hydrogen) atoms. The fraction of sp³-hybridized carbons (Fsp3) is 0.273. The molecule has 1 aromatic heterocycles. The third-order valence-corrected chi connectivity index (χ3v) is 5.13. The Morgan fingerprint density at radius 1 is 1.14 bits per heavy atom. The summed E-state index contributed by atoms with van der Waals surface area (Å²) in [5.41, 5.74) is 1.74. The largest absolute Gasteiger partial charge is 0.481 e. The van der Waals surface area contributed by atoms with Crippen LogP contribution in [0, 0.1) is 17.6 Å². The van der Waals surface area contributed by atoms with E-state index in [-0.39, 0.29) is 30.7 Å². The highest BCUT2D eigenvalue weighted by molar-refractivity contribution is 5.79. The van der Waals surface area contributed by atoms with Crippen LogP contribution in [0.15, 0.2) is 54.6 Å². The zero-order valence-corrected chi connectivity index (χ0v) is 15.6. The van der Waals surface area contributed by atoms with Crippen molar-refractivity contribution in [1.29, 1.82) is 0 Å². The predicted molar refractivity (Wildman–Crippen MR) is 103 cm³/mol. The Kier molecular flexibility index (Phi) is 5.40. The molecule has 1 amide bonds. The van der Waals surface area contributed by atoms with Crippen molar-refractivity contribution in [1.82, 2.24) is 9.88 Å². The standard InChI is InChI=1S/C22H20F2N2O3/c23-16-6-8-21(18(24)10-16)29-13-22(28)26-11-15(20(27)12-26)9-17-7-5-14-3-1-2-4-19(14)25-17/h1-8,10,15,20,27H,9,11-13H2/t15-,20-/m1/s1. The Balaban J connectivity index is 1.36. The number of aliphatic hydroxyl groups excluding tert-OH is 1. The van der Waals surface area contributed by atoms with Crippen molar-refractivity contribution in [2.75, 3.05) is 19.7 Å². The van der Waals surface area contributed by atoms with Crippen LogP contribution in [0.3, 0.4) is 0 Å². The summed E-state index contributed by atoms with van der Waals surface area (Å²) in [6.45, 7) is 0.173. The summed E-state index contributed by atoms with van der Waals surface area (Å²) in [5, 5.41) is 11.4. The lowest BCUT2D eigenvalue weighted by atomic mass is 9.99. The number of hydrogen-bond acceptors (Lipinski definition) is 4. The van der Waals surface area contributed by atoms with Crippen molar-refractivity contribution < 1.29 is 23.4 Å². The van der Waals surface area contributed by atoms with E-state index >= 15 is 0 Å². The molecule has 1 N–H and O–H groups in total. The molecule has 2 heterocycles. The zero-order valence-electron chi connectivity index (χ0n) is 15.6. The molecule has 4 rings (SSSR count). The van der Waals surface area contributed by atoms with E-state index in [0.29, 0.717) is 19.0 Å². The molecule has 3 aromatic rings. The summed E-state index contributed by atoms with van der Waals surface area (Å²) in [6, 6.07) is 14.6. The topological polar surface area (TPSA) is 62.7 Å². The Labute approximate surface area is 166 Å². The van der Waals surface area contributed by atoms with Crippen LogP contribution in [0.2, 0.25) is 0 Å². The number of nitrogens with zero attached hydrogens (tertiary/aromatic N) is 2. The SMILES string of the molecule is O=C(COc1ccc(F)cc1F)N1C[C@@H](Cc2ccc3ccccc3n2)[C@H](O)C1. The van der Waals surface area contributed by atoms with Gasteiger partial charge in [-0.3, -0.25) is 9.78 Å². The third kappa shape index (κ3) is 4.35. The molecule has 7 heteroatoms. The minimum absolute atomic E-state index is 0.143. The van der Waals surface area contributed by atoms with Gasteiger partial charge in [0.2, 0.25) is 0 Å². The number of likely N-dealkylation sites (tertiary alicyclic amines) is 1. The number of pyridine rings is 1. The average Bonchev–Trinajstić information content (AvgIpc) is 3.07. The number of para-hydroxylation sites is 1. The van der Waals surface area contributed by atoms with E-state index in [0.717, 1.165) is 28.7 Å². The van der Waals surface area contributed by atoms with Crippen LogP contribution in [0.5, 0.6) is 5.75 Å². The summed E-state index contributed by atoms with van der Waals surface area (Å²) in [5.74, 6) is -2.26. The number of aromatic nitrogens is 1. The van der Waals surface area contributed by atoms with Gasteiger partial charge in [0.15, 0.2) is 18.2 Å². The lowest BCUT2D eigenvalue weighted by Gasteiger charge is -2.16. The van der Waals surface area contributed by atoms with Gasteiger partial charge in [-0.1, -0.05) is 24.3 Å². The molecule has 1 aliphatic rings. The Morgan fingerprint density at radius 3 is 2.79 bits per heavy atom. The molecule has 0 aliphatic carbocycles. The molecule has 1 aliphatic heterocycles. The predicted octanol–water partition coefficient (Wildman–Crippen LogP) is 2.95. The van der Waals surface area contributed by atoms with Crippen molar-refractivity contribution >= 4 is 16.8 Å². The minimum atomic E-state index is -0.862. The zero-order chi connectivity index (χ0) is 20.4. The van der Waals surface area contributed by atoms with Crippen LogP contribution >= 0.6 is 0 Å². The summed E-state index contributed by atoms with van der Waals surface area (Å²) in [6.07, 6.45) is -0.127. The number of carbonyl (C=O) groups excluding carboxylic acids is 1. The van der Waals surface area contributed by atoms with Crippen molar-refractivity contribution in [3.05, 3.63) is 71.9 Å². The highest BCUT2D eigenvalue weighted by Crippen LogP contribution is 2.23. The summed E-state index contributed by atoms with van der Waals surface area (Å²) >= 11 is 0. The van der Waals surface area contributed by atoms with Gasteiger partial charge < -0.3 is 14.7 Å². The molecular weight excluding hydrogens is 378 g/mol. The number of ether oxygens (including phenoxy) is 1. The molecule has 0 saturated carbocycles. The van der Waals surface area contributed by atoms with Crippen LogP contribution in [0.4, 0.5) is 8.78 Å². The second-order valence-electron chi connectivity index (χ2n) is 7.19. The van der Waals surface area contributed by atoms with Crippen molar-refractivity contribution in [3.8, 4) is 5.75 Å². The highest BCUT2D eigenvalue weighted by atomic mass is 19.1. The maximum Gasteiger partial charge on any atom is 0.260 e. The van der Waals surface area contributed by atoms with Gasteiger partial charge in [-0.15, -0.1) is 0 Å². The van der Waals surface area contributed by atoms with Gasteiger partial charge >= 0.3 is 0 Å². The van der Waals surface area contributed by atoms with Gasteiger partial charge in [-0.2, -0.15) is 0 Å². The van der Waals surface area contributed by atoms with E-state index < -0.39 is 17.7 Å². The van der Waals surface area contributed by atoms with Crippen LogP contribution in [-0.2, 0) is 11.2 Å². The minimum Gasteiger partial charge on any atom is -0.481 e. The summed E-state index contributed by atoms with van der Waals surface area (Å²) < 4.78 is 31.7. The molecule has 1 saturated heterocycles. The first kappa shape index (κ1) is 19.3. The second kappa shape index (κ2) is 8.13. The van der Waals surface area contributed by atoms with E-state index in [2.05, 4.69) is 4.98 Å². The second-order valence-corrected chi connectivity index (χ2v) is 7.19.